The van der Waals surface area contributed by atoms with Crippen molar-refractivity contribution in [3.05, 3.63) is 90.5 Å². The molecule has 178 valence electrons. The van der Waals surface area contributed by atoms with Crippen LogP contribution in [-0.4, -0.2) is 55.6 Å². The average molecular weight is 478 g/mol. The summed E-state index contributed by atoms with van der Waals surface area (Å²) in [7, 11) is 0.647. The zero-order chi connectivity index (χ0) is 24.0. The summed E-state index contributed by atoms with van der Waals surface area (Å²) in [6.45, 7) is 1.13. The topological polar surface area (TPSA) is 64.4 Å². The van der Waals surface area contributed by atoms with E-state index in [1.807, 2.05) is 61.2 Å². The molecule has 4 aromatic rings. The molecule has 0 saturated heterocycles. The number of nitrogens with zero attached hydrogens (tertiary/aromatic N) is 3. The maximum Gasteiger partial charge on any atom is 0.240 e. The van der Waals surface area contributed by atoms with Gasteiger partial charge in [-0.25, -0.2) is 8.42 Å². The fraction of sp³-hybridized carbons (Fsp3) is 0.296. The van der Waals surface area contributed by atoms with E-state index in [0.717, 1.165) is 10.9 Å². The SMILES string of the molecule is CN(C)[C@H](CCOc1nn(Cc2ccccc2)c2ccccc12)CCS(=O)(=O)c1ccccc1. The van der Waals surface area contributed by atoms with E-state index in [2.05, 4.69) is 23.1 Å². The number of hydrogen-bond donors (Lipinski definition) is 0. The van der Waals surface area contributed by atoms with Crippen molar-refractivity contribution in [1.82, 2.24) is 14.7 Å². The number of aromatic nitrogens is 2. The summed E-state index contributed by atoms with van der Waals surface area (Å²) < 4.78 is 33.5. The maximum atomic E-state index is 12.7. The lowest BCUT2D eigenvalue weighted by Gasteiger charge is -2.24. The van der Waals surface area contributed by atoms with Gasteiger partial charge in [-0.2, -0.15) is 0 Å². The molecule has 0 radical (unpaired) electrons. The van der Waals surface area contributed by atoms with Crippen molar-refractivity contribution in [2.45, 2.75) is 30.3 Å². The van der Waals surface area contributed by atoms with Crippen molar-refractivity contribution in [2.24, 2.45) is 0 Å². The summed E-state index contributed by atoms with van der Waals surface area (Å²) in [6.07, 6.45) is 1.24. The van der Waals surface area contributed by atoms with Gasteiger partial charge >= 0.3 is 0 Å². The minimum atomic E-state index is -3.30. The van der Waals surface area contributed by atoms with Crippen molar-refractivity contribution >= 4 is 20.7 Å². The van der Waals surface area contributed by atoms with Crippen LogP contribution in [-0.2, 0) is 16.4 Å². The lowest BCUT2D eigenvalue weighted by molar-refractivity contribution is 0.214. The highest BCUT2D eigenvalue weighted by Crippen LogP contribution is 2.26. The van der Waals surface area contributed by atoms with E-state index in [1.165, 1.54) is 5.56 Å². The quantitative estimate of drug-likeness (QED) is 0.315. The van der Waals surface area contributed by atoms with Gasteiger partial charge in [0.1, 0.15) is 0 Å². The van der Waals surface area contributed by atoms with Gasteiger partial charge in [0.05, 0.1) is 34.7 Å². The predicted molar refractivity (Wildman–Crippen MR) is 136 cm³/mol. The summed E-state index contributed by atoms with van der Waals surface area (Å²) in [4.78, 5) is 2.44. The first-order chi connectivity index (χ1) is 16.4. The molecular weight excluding hydrogens is 446 g/mol. The van der Waals surface area contributed by atoms with Crippen molar-refractivity contribution in [3.8, 4) is 5.88 Å². The zero-order valence-corrected chi connectivity index (χ0v) is 20.5. The minimum absolute atomic E-state index is 0.0798. The third kappa shape index (κ3) is 5.85. The van der Waals surface area contributed by atoms with Crippen molar-refractivity contribution in [1.29, 1.82) is 0 Å². The van der Waals surface area contributed by atoms with Gasteiger partial charge in [-0.3, -0.25) is 4.68 Å². The van der Waals surface area contributed by atoms with Crippen molar-refractivity contribution in [3.63, 3.8) is 0 Å². The van der Waals surface area contributed by atoms with Gasteiger partial charge in [-0.05, 0) is 56.8 Å². The molecule has 7 heteroatoms. The first-order valence-electron chi connectivity index (χ1n) is 11.5. The van der Waals surface area contributed by atoms with E-state index in [9.17, 15) is 8.42 Å². The number of sulfone groups is 1. The van der Waals surface area contributed by atoms with Crippen molar-refractivity contribution < 1.29 is 13.2 Å². The van der Waals surface area contributed by atoms with Crippen LogP contribution < -0.4 is 4.74 Å². The third-order valence-corrected chi connectivity index (χ3v) is 7.81. The molecule has 34 heavy (non-hydrogen) atoms. The van der Waals surface area contributed by atoms with Gasteiger partial charge in [0, 0.05) is 6.04 Å². The molecule has 0 aliphatic carbocycles. The van der Waals surface area contributed by atoms with Crippen LogP contribution in [0.25, 0.3) is 10.9 Å². The van der Waals surface area contributed by atoms with Crippen LogP contribution in [0.15, 0.2) is 89.8 Å². The zero-order valence-electron chi connectivity index (χ0n) is 19.7. The van der Waals surface area contributed by atoms with Crippen LogP contribution in [0.4, 0.5) is 0 Å². The van der Waals surface area contributed by atoms with Gasteiger partial charge in [0.15, 0.2) is 9.84 Å². The Morgan fingerprint density at radius 3 is 2.24 bits per heavy atom. The molecule has 0 bridgehead atoms. The number of benzene rings is 3. The van der Waals surface area contributed by atoms with Gasteiger partial charge in [0.25, 0.3) is 0 Å². The largest absolute Gasteiger partial charge is 0.476 e. The number of hydrogen-bond acceptors (Lipinski definition) is 5. The fourth-order valence-corrected chi connectivity index (χ4v) is 5.46. The molecule has 0 unspecified atom stereocenters. The van der Waals surface area contributed by atoms with Crippen LogP contribution in [0.5, 0.6) is 5.88 Å². The smallest absolute Gasteiger partial charge is 0.240 e. The Morgan fingerprint density at radius 1 is 0.882 bits per heavy atom. The van der Waals surface area contributed by atoms with Crippen LogP contribution in [0.2, 0.25) is 0 Å². The summed E-state index contributed by atoms with van der Waals surface area (Å²) in [5.74, 6) is 0.718. The Hall–Kier alpha value is -3.16. The molecule has 0 fully saturated rings. The maximum absolute atomic E-state index is 12.7. The van der Waals surface area contributed by atoms with Crippen LogP contribution >= 0.6 is 0 Å². The van der Waals surface area contributed by atoms with Crippen molar-refractivity contribution in [2.75, 3.05) is 26.5 Å². The van der Waals surface area contributed by atoms with E-state index in [-0.39, 0.29) is 11.8 Å². The molecule has 1 aromatic heterocycles. The molecular formula is C27H31N3O3S. The summed E-state index contributed by atoms with van der Waals surface area (Å²) >= 11 is 0. The number of fused-ring (bicyclic) bond motifs is 1. The second-order valence-electron chi connectivity index (χ2n) is 8.64. The molecule has 6 nitrogen and oxygen atoms in total. The Labute approximate surface area is 201 Å². The van der Waals surface area contributed by atoms with E-state index < -0.39 is 9.84 Å². The molecule has 1 atom stereocenters. The molecule has 0 aliphatic heterocycles. The first-order valence-corrected chi connectivity index (χ1v) is 13.2. The summed E-state index contributed by atoms with van der Waals surface area (Å²) in [5, 5.41) is 5.71. The molecule has 0 aliphatic rings. The molecule has 0 amide bonds. The molecule has 0 N–H and O–H groups in total. The molecule has 4 rings (SSSR count). The third-order valence-electron chi connectivity index (χ3n) is 6.04. The normalized spacial score (nSPS) is 12.8. The lowest BCUT2D eigenvalue weighted by atomic mass is 10.1. The highest BCUT2D eigenvalue weighted by atomic mass is 32.2. The van der Waals surface area contributed by atoms with Crippen LogP contribution in [0.3, 0.4) is 0 Å². The van der Waals surface area contributed by atoms with E-state index in [0.29, 0.717) is 36.8 Å². The monoisotopic (exact) mass is 477 g/mol. The Bertz CT molecular complexity index is 1300. The lowest BCUT2D eigenvalue weighted by Crippen LogP contribution is -2.31. The van der Waals surface area contributed by atoms with Gasteiger partial charge in [0.2, 0.25) is 5.88 Å². The van der Waals surface area contributed by atoms with E-state index in [1.54, 1.807) is 24.3 Å². The fourth-order valence-electron chi connectivity index (χ4n) is 4.07. The summed E-state index contributed by atoms with van der Waals surface area (Å²) in [6, 6.07) is 27.0. The predicted octanol–water partition coefficient (Wildman–Crippen LogP) is 4.65. The van der Waals surface area contributed by atoms with Gasteiger partial charge < -0.3 is 9.64 Å². The first kappa shape index (κ1) is 24.0. The number of ether oxygens (including phenoxy) is 1. The number of para-hydroxylation sites is 1. The molecule has 3 aromatic carbocycles. The highest BCUT2D eigenvalue weighted by molar-refractivity contribution is 7.91. The van der Waals surface area contributed by atoms with E-state index in [4.69, 9.17) is 9.84 Å². The standard InChI is InChI=1S/C27H31N3O3S/c1-29(2)23(18-20-34(31,32)24-13-7-4-8-14-24)17-19-33-27-25-15-9-10-16-26(25)30(28-27)21-22-11-5-3-6-12-22/h3-16,23H,17-21H2,1-2H3/t23-/m1/s1. The number of rotatable bonds is 11. The Morgan fingerprint density at radius 2 is 1.53 bits per heavy atom. The molecule has 1 heterocycles. The van der Waals surface area contributed by atoms with Crippen LogP contribution in [0.1, 0.15) is 18.4 Å². The average Bonchev–Trinajstić information content (AvgIpc) is 3.19. The minimum Gasteiger partial charge on any atom is -0.476 e. The Balaban J connectivity index is 1.41. The second-order valence-corrected chi connectivity index (χ2v) is 10.7. The molecule has 0 spiro atoms. The highest BCUT2D eigenvalue weighted by Gasteiger charge is 2.20. The van der Waals surface area contributed by atoms with Crippen LogP contribution in [0, 0.1) is 0 Å². The van der Waals surface area contributed by atoms with Gasteiger partial charge in [-0.1, -0.05) is 60.7 Å². The second kappa shape index (κ2) is 10.8. The van der Waals surface area contributed by atoms with E-state index >= 15 is 0 Å². The van der Waals surface area contributed by atoms with Gasteiger partial charge in [-0.15, -0.1) is 5.10 Å². The summed E-state index contributed by atoms with van der Waals surface area (Å²) in [5.41, 5.74) is 2.20. The Kier molecular flexibility index (Phi) is 7.65. The molecule has 0 saturated carbocycles.